The molecule has 2 rings (SSSR count). The Kier molecular flexibility index (Phi) is 3.67. The number of hydrogen-bond acceptors (Lipinski definition) is 4. The summed E-state index contributed by atoms with van der Waals surface area (Å²) < 4.78 is 26.7. The quantitative estimate of drug-likeness (QED) is 0.846. The Labute approximate surface area is 115 Å². The summed E-state index contributed by atoms with van der Waals surface area (Å²) in [6.07, 6.45) is 0.829. The normalized spacial score (nSPS) is 11.7. The molecule has 1 N–H and O–H groups in total. The molecule has 0 fully saturated rings. The number of aryl methyl sites for hydroxylation is 2. The first kappa shape index (κ1) is 14.3. The average Bonchev–Trinajstić information content (AvgIpc) is 2.59. The third-order valence-corrected chi connectivity index (χ3v) is 3.51. The number of carbonyl (C=O) groups excluding carboxylic acids is 1. The highest BCUT2D eigenvalue weighted by atomic mass is 32.2. The maximum atomic E-state index is 12.1. The van der Waals surface area contributed by atoms with Crippen LogP contribution in [0.25, 0.3) is 11.0 Å². The first-order valence-electron chi connectivity index (χ1n) is 5.94. The fourth-order valence-corrected chi connectivity index (χ4v) is 2.57. The number of nitrogens with one attached hydrogen (secondary N) is 1. The van der Waals surface area contributed by atoms with Crippen LogP contribution < -0.4 is 10.4 Å². The van der Waals surface area contributed by atoms with Crippen molar-refractivity contribution in [2.24, 2.45) is 7.05 Å². The Morgan fingerprint density at radius 2 is 1.85 bits per heavy atom. The van der Waals surface area contributed by atoms with Crippen LogP contribution in [0.1, 0.15) is 6.42 Å². The van der Waals surface area contributed by atoms with Crippen LogP contribution in [0.15, 0.2) is 29.1 Å². The minimum atomic E-state index is -3.57. The van der Waals surface area contributed by atoms with E-state index in [1.54, 1.807) is 19.2 Å². The van der Waals surface area contributed by atoms with E-state index in [0.29, 0.717) is 5.52 Å². The summed E-state index contributed by atoms with van der Waals surface area (Å²) in [6.45, 7) is 0.127. The van der Waals surface area contributed by atoms with Gasteiger partial charge in [0.15, 0.2) is 0 Å². The van der Waals surface area contributed by atoms with Crippen LogP contribution in [0, 0.1) is 0 Å². The van der Waals surface area contributed by atoms with Crippen molar-refractivity contribution in [1.82, 2.24) is 13.9 Å². The zero-order chi connectivity index (χ0) is 14.9. The van der Waals surface area contributed by atoms with Crippen molar-refractivity contribution >= 4 is 27.0 Å². The van der Waals surface area contributed by atoms with Crippen LogP contribution in [0.3, 0.4) is 0 Å². The molecule has 1 aromatic carbocycles. The number of para-hydroxylation sites is 2. The Hall–Kier alpha value is -2.09. The van der Waals surface area contributed by atoms with E-state index in [9.17, 15) is 18.0 Å². The Morgan fingerprint density at radius 3 is 2.45 bits per heavy atom. The van der Waals surface area contributed by atoms with Gasteiger partial charge in [-0.15, -0.1) is 0 Å². The smallest absolute Gasteiger partial charge is 0.295 e. The van der Waals surface area contributed by atoms with E-state index in [-0.39, 0.29) is 18.7 Å². The third-order valence-electron chi connectivity index (χ3n) is 2.91. The first-order valence-corrected chi connectivity index (χ1v) is 7.83. The summed E-state index contributed by atoms with van der Waals surface area (Å²) in [7, 11) is -1.92. The molecule has 20 heavy (non-hydrogen) atoms. The number of amides is 1. The molecule has 0 saturated heterocycles. The molecule has 0 atom stereocenters. The molecule has 108 valence electrons. The lowest BCUT2D eigenvalue weighted by atomic mass is 10.3. The second-order valence-electron chi connectivity index (χ2n) is 4.53. The largest absolute Gasteiger partial charge is 0.328 e. The van der Waals surface area contributed by atoms with Gasteiger partial charge in [0.05, 0.1) is 17.3 Å². The summed E-state index contributed by atoms with van der Waals surface area (Å²) in [6, 6.07) is 7.21. The van der Waals surface area contributed by atoms with Gasteiger partial charge >= 0.3 is 5.69 Å². The summed E-state index contributed by atoms with van der Waals surface area (Å²) >= 11 is 0. The molecule has 2 aromatic rings. The third kappa shape index (κ3) is 2.90. The van der Waals surface area contributed by atoms with E-state index in [4.69, 9.17) is 0 Å². The number of hydrogen-bond donors (Lipinski definition) is 1. The van der Waals surface area contributed by atoms with Gasteiger partial charge in [0.1, 0.15) is 0 Å². The summed E-state index contributed by atoms with van der Waals surface area (Å²) in [5.74, 6) is -0.632. The number of rotatable bonds is 4. The Balaban J connectivity index is 2.25. The maximum Gasteiger partial charge on any atom is 0.328 e. The molecule has 0 saturated carbocycles. The lowest BCUT2D eigenvalue weighted by Crippen LogP contribution is -2.31. The Morgan fingerprint density at radius 1 is 1.25 bits per heavy atom. The highest BCUT2D eigenvalue weighted by molar-refractivity contribution is 7.89. The van der Waals surface area contributed by atoms with Gasteiger partial charge in [-0.3, -0.25) is 18.7 Å². The average molecular weight is 297 g/mol. The van der Waals surface area contributed by atoms with Crippen molar-refractivity contribution in [1.29, 1.82) is 0 Å². The number of nitrogens with zero attached hydrogens (tertiary/aromatic N) is 2. The topological polar surface area (TPSA) is 90.2 Å². The van der Waals surface area contributed by atoms with Crippen molar-refractivity contribution in [3.63, 3.8) is 0 Å². The standard InChI is InChI=1S/C12H15N3O4S/c1-14-9-5-3-4-6-10(9)15(12(14)17)8-7-11(16)13-20(2,18)19/h3-6H,7-8H2,1-2H3,(H,13,16). The molecule has 7 nitrogen and oxygen atoms in total. The van der Waals surface area contributed by atoms with Gasteiger partial charge < -0.3 is 0 Å². The van der Waals surface area contributed by atoms with Gasteiger partial charge in [0, 0.05) is 20.0 Å². The van der Waals surface area contributed by atoms with E-state index in [1.807, 2.05) is 16.9 Å². The van der Waals surface area contributed by atoms with E-state index in [2.05, 4.69) is 0 Å². The number of fused-ring (bicyclic) bond motifs is 1. The van der Waals surface area contributed by atoms with Gasteiger partial charge in [-0.05, 0) is 12.1 Å². The summed E-state index contributed by atoms with van der Waals surface area (Å²) in [5, 5.41) is 0. The highest BCUT2D eigenvalue weighted by Gasteiger charge is 2.13. The van der Waals surface area contributed by atoms with Crippen LogP contribution in [-0.4, -0.2) is 29.7 Å². The molecule has 0 aliphatic carbocycles. The molecule has 1 aromatic heterocycles. The molecule has 0 radical (unpaired) electrons. The molecule has 0 aliphatic heterocycles. The molecule has 0 aliphatic rings. The van der Waals surface area contributed by atoms with Gasteiger partial charge in [-0.1, -0.05) is 12.1 Å². The SMILES string of the molecule is Cn1c(=O)n(CCC(=O)NS(C)(=O)=O)c2ccccc21. The monoisotopic (exact) mass is 297 g/mol. The second-order valence-corrected chi connectivity index (χ2v) is 6.28. The molecule has 8 heteroatoms. The fraction of sp³-hybridized carbons (Fsp3) is 0.333. The zero-order valence-electron chi connectivity index (χ0n) is 11.2. The first-order chi connectivity index (χ1) is 9.29. The van der Waals surface area contributed by atoms with Crippen molar-refractivity contribution in [3.05, 3.63) is 34.7 Å². The molecular weight excluding hydrogens is 282 g/mol. The molecular formula is C12H15N3O4S. The molecule has 0 bridgehead atoms. The lowest BCUT2D eigenvalue weighted by Gasteiger charge is -2.04. The number of aromatic nitrogens is 2. The molecule has 0 unspecified atom stereocenters. The van der Waals surface area contributed by atoms with Crippen LogP contribution in [0.2, 0.25) is 0 Å². The summed E-state index contributed by atoms with van der Waals surface area (Å²) in [5.41, 5.74) is 1.24. The van der Waals surface area contributed by atoms with E-state index < -0.39 is 15.9 Å². The highest BCUT2D eigenvalue weighted by Crippen LogP contribution is 2.11. The minimum Gasteiger partial charge on any atom is -0.295 e. The minimum absolute atomic E-state index is 0.0824. The zero-order valence-corrected chi connectivity index (χ0v) is 12.0. The molecule has 1 amide bonds. The van der Waals surface area contributed by atoms with Gasteiger partial charge in [0.25, 0.3) is 0 Å². The van der Waals surface area contributed by atoms with Crippen molar-refractivity contribution in [2.45, 2.75) is 13.0 Å². The second kappa shape index (κ2) is 5.12. The fourth-order valence-electron chi connectivity index (χ4n) is 2.05. The van der Waals surface area contributed by atoms with Crippen LogP contribution in [0.4, 0.5) is 0 Å². The van der Waals surface area contributed by atoms with Crippen molar-refractivity contribution in [3.8, 4) is 0 Å². The predicted molar refractivity (Wildman–Crippen MR) is 74.8 cm³/mol. The van der Waals surface area contributed by atoms with Crippen molar-refractivity contribution < 1.29 is 13.2 Å². The number of imidazole rings is 1. The van der Waals surface area contributed by atoms with E-state index in [1.165, 1.54) is 9.13 Å². The van der Waals surface area contributed by atoms with E-state index >= 15 is 0 Å². The number of carbonyl (C=O) groups is 1. The van der Waals surface area contributed by atoms with E-state index in [0.717, 1.165) is 11.8 Å². The van der Waals surface area contributed by atoms with Crippen LogP contribution >= 0.6 is 0 Å². The summed E-state index contributed by atoms with van der Waals surface area (Å²) in [4.78, 5) is 23.5. The van der Waals surface area contributed by atoms with Crippen LogP contribution in [-0.2, 0) is 28.4 Å². The lowest BCUT2D eigenvalue weighted by molar-refractivity contribution is -0.119. The van der Waals surface area contributed by atoms with Crippen molar-refractivity contribution in [2.75, 3.05) is 6.26 Å². The molecule has 1 heterocycles. The van der Waals surface area contributed by atoms with Gasteiger partial charge in [-0.2, -0.15) is 0 Å². The van der Waals surface area contributed by atoms with Crippen LogP contribution in [0.5, 0.6) is 0 Å². The number of sulfonamides is 1. The number of benzene rings is 1. The Bertz CT molecular complexity index is 817. The van der Waals surface area contributed by atoms with Gasteiger partial charge in [-0.25, -0.2) is 13.2 Å². The predicted octanol–water partition coefficient (Wildman–Crippen LogP) is -0.194. The molecule has 0 spiro atoms. The maximum absolute atomic E-state index is 12.1. The van der Waals surface area contributed by atoms with Gasteiger partial charge in [0.2, 0.25) is 15.9 Å².